The van der Waals surface area contributed by atoms with Gasteiger partial charge in [-0.25, -0.2) is 0 Å². The van der Waals surface area contributed by atoms with E-state index in [0.717, 1.165) is 5.69 Å². The van der Waals surface area contributed by atoms with Crippen molar-refractivity contribution >= 4 is 17.4 Å². The van der Waals surface area contributed by atoms with E-state index >= 15 is 0 Å². The average Bonchev–Trinajstić information content (AvgIpc) is 2.07. The van der Waals surface area contributed by atoms with Crippen LogP contribution in [0.15, 0.2) is 17.0 Å². The summed E-state index contributed by atoms with van der Waals surface area (Å²) >= 11 is 1.79. The second-order valence-corrected chi connectivity index (χ2v) is 5.51. The molecule has 0 radical (unpaired) electrons. The highest BCUT2D eigenvalue weighted by Crippen LogP contribution is 2.34. The third kappa shape index (κ3) is 2.24. The number of hydrogen-bond donors (Lipinski definition) is 1. The van der Waals surface area contributed by atoms with E-state index in [1.165, 1.54) is 16.0 Å². The van der Waals surface area contributed by atoms with E-state index in [1.54, 1.807) is 11.8 Å². The lowest BCUT2D eigenvalue weighted by Gasteiger charge is -2.23. The quantitative estimate of drug-likeness (QED) is 0.565. The maximum absolute atomic E-state index is 5.93. The molecule has 0 aromatic heterocycles. The van der Waals surface area contributed by atoms with Gasteiger partial charge in [0.25, 0.3) is 0 Å². The van der Waals surface area contributed by atoms with Crippen molar-refractivity contribution in [2.45, 2.75) is 38.0 Å². The molecule has 1 aromatic rings. The fourth-order valence-corrected chi connectivity index (χ4v) is 2.33. The summed E-state index contributed by atoms with van der Waals surface area (Å²) in [7, 11) is 0. The fourth-order valence-electron chi connectivity index (χ4n) is 1.45. The summed E-state index contributed by atoms with van der Waals surface area (Å²) in [6.07, 6.45) is 2.11. The lowest BCUT2D eigenvalue weighted by Crippen LogP contribution is -2.13. The Morgan fingerprint density at radius 3 is 2.21 bits per heavy atom. The molecule has 0 amide bonds. The van der Waals surface area contributed by atoms with Crippen molar-refractivity contribution in [1.82, 2.24) is 0 Å². The molecule has 2 N–H and O–H groups in total. The van der Waals surface area contributed by atoms with Gasteiger partial charge in [0.15, 0.2) is 0 Å². The van der Waals surface area contributed by atoms with Crippen LogP contribution in [-0.4, -0.2) is 6.26 Å². The maximum atomic E-state index is 5.93. The van der Waals surface area contributed by atoms with Crippen LogP contribution in [0.25, 0.3) is 0 Å². The van der Waals surface area contributed by atoms with E-state index in [-0.39, 0.29) is 5.41 Å². The Balaban J connectivity index is 3.35. The molecule has 0 heterocycles. The molecule has 14 heavy (non-hydrogen) atoms. The molecule has 78 valence electrons. The predicted octanol–water partition coefficient (Wildman–Crippen LogP) is 3.60. The van der Waals surface area contributed by atoms with Gasteiger partial charge in [0.1, 0.15) is 0 Å². The van der Waals surface area contributed by atoms with Crippen LogP contribution in [0.2, 0.25) is 0 Å². The van der Waals surface area contributed by atoms with Crippen LogP contribution in [0.4, 0.5) is 5.69 Å². The summed E-state index contributed by atoms with van der Waals surface area (Å²) in [5, 5.41) is 0. The molecule has 0 aliphatic carbocycles. The Morgan fingerprint density at radius 2 is 1.79 bits per heavy atom. The zero-order valence-electron chi connectivity index (χ0n) is 9.64. The van der Waals surface area contributed by atoms with Crippen LogP contribution in [0, 0.1) is 6.92 Å². The normalized spacial score (nSPS) is 11.8. The Bertz CT molecular complexity index is 337. The molecule has 2 heteroatoms. The lowest BCUT2D eigenvalue weighted by atomic mass is 9.86. The van der Waals surface area contributed by atoms with Crippen molar-refractivity contribution in [1.29, 1.82) is 0 Å². The summed E-state index contributed by atoms with van der Waals surface area (Å²) in [5.41, 5.74) is 9.50. The molecule has 0 unspecified atom stereocenters. The van der Waals surface area contributed by atoms with E-state index in [0.29, 0.717) is 0 Å². The van der Waals surface area contributed by atoms with Crippen molar-refractivity contribution in [2.75, 3.05) is 12.0 Å². The van der Waals surface area contributed by atoms with Gasteiger partial charge in [0.2, 0.25) is 0 Å². The fraction of sp³-hybridized carbons (Fsp3) is 0.500. The number of anilines is 1. The van der Waals surface area contributed by atoms with Crippen LogP contribution >= 0.6 is 11.8 Å². The molecule has 0 fully saturated rings. The first-order valence-electron chi connectivity index (χ1n) is 4.81. The molecule has 0 spiro atoms. The van der Waals surface area contributed by atoms with E-state index in [4.69, 9.17) is 5.73 Å². The molecule has 0 aliphatic rings. The molecule has 1 rings (SSSR count). The van der Waals surface area contributed by atoms with Crippen LogP contribution in [0.1, 0.15) is 31.9 Å². The van der Waals surface area contributed by atoms with Crippen molar-refractivity contribution in [2.24, 2.45) is 0 Å². The number of benzene rings is 1. The van der Waals surface area contributed by atoms with E-state index in [2.05, 4.69) is 46.1 Å². The molecule has 0 bridgehead atoms. The molecule has 1 nitrogen and oxygen atoms in total. The number of thioether (sulfide) groups is 1. The lowest BCUT2D eigenvalue weighted by molar-refractivity contribution is 0.578. The standard InChI is InChI=1S/C12H19NS/c1-8-6-11(14-5)9(7-10(8)13)12(2,3)4/h6-7H,13H2,1-5H3. The number of nitrogens with two attached hydrogens (primary N) is 1. The highest BCUT2D eigenvalue weighted by Gasteiger charge is 2.18. The summed E-state index contributed by atoms with van der Waals surface area (Å²) in [4.78, 5) is 1.34. The highest BCUT2D eigenvalue weighted by molar-refractivity contribution is 7.98. The zero-order chi connectivity index (χ0) is 10.9. The minimum absolute atomic E-state index is 0.167. The van der Waals surface area contributed by atoms with Crippen LogP contribution in [0.3, 0.4) is 0 Å². The minimum atomic E-state index is 0.167. The first-order chi connectivity index (χ1) is 6.36. The molecule has 0 saturated carbocycles. The average molecular weight is 209 g/mol. The SMILES string of the molecule is CSc1cc(C)c(N)cc1C(C)(C)C. The minimum Gasteiger partial charge on any atom is -0.399 e. The zero-order valence-corrected chi connectivity index (χ0v) is 10.5. The molecule has 0 aliphatic heterocycles. The first kappa shape index (κ1) is 11.4. The van der Waals surface area contributed by atoms with Gasteiger partial charge in [-0.3, -0.25) is 0 Å². The summed E-state index contributed by atoms with van der Waals surface area (Å²) < 4.78 is 0. The molecular formula is C12H19NS. The number of rotatable bonds is 1. The van der Waals surface area contributed by atoms with Crippen LogP contribution in [-0.2, 0) is 5.41 Å². The third-order valence-corrected chi connectivity index (χ3v) is 3.17. The summed E-state index contributed by atoms with van der Waals surface area (Å²) in [5.74, 6) is 0. The van der Waals surface area contributed by atoms with Crippen LogP contribution in [0.5, 0.6) is 0 Å². The number of hydrogen-bond acceptors (Lipinski definition) is 2. The largest absolute Gasteiger partial charge is 0.399 e. The van der Waals surface area contributed by atoms with Crippen molar-refractivity contribution in [3.05, 3.63) is 23.3 Å². The first-order valence-corrected chi connectivity index (χ1v) is 6.03. The van der Waals surface area contributed by atoms with Crippen molar-refractivity contribution in [3.63, 3.8) is 0 Å². The van der Waals surface area contributed by atoms with Crippen molar-refractivity contribution < 1.29 is 0 Å². The Kier molecular flexibility index (Phi) is 3.15. The second kappa shape index (κ2) is 3.85. The van der Waals surface area contributed by atoms with Gasteiger partial charge in [0, 0.05) is 10.6 Å². The Labute approximate surface area is 91.1 Å². The van der Waals surface area contributed by atoms with Gasteiger partial charge >= 0.3 is 0 Å². The van der Waals surface area contributed by atoms with Gasteiger partial charge in [-0.1, -0.05) is 20.8 Å². The molecular weight excluding hydrogens is 190 g/mol. The summed E-state index contributed by atoms with van der Waals surface area (Å²) in [6, 6.07) is 4.29. The Hall–Kier alpha value is -0.630. The number of aryl methyl sites for hydroxylation is 1. The Morgan fingerprint density at radius 1 is 1.21 bits per heavy atom. The van der Waals surface area contributed by atoms with Crippen molar-refractivity contribution in [3.8, 4) is 0 Å². The van der Waals surface area contributed by atoms with Gasteiger partial charge in [-0.15, -0.1) is 11.8 Å². The third-order valence-electron chi connectivity index (χ3n) is 2.40. The second-order valence-electron chi connectivity index (χ2n) is 4.66. The van der Waals surface area contributed by atoms with E-state index in [9.17, 15) is 0 Å². The van der Waals surface area contributed by atoms with Gasteiger partial charge in [0.05, 0.1) is 0 Å². The highest BCUT2D eigenvalue weighted by atomic mass is 32.2. The topological polar surface area (TPSA) is 26.0 Å². The van der Waals surface area contributed by atoms with Gasteiger partial charge in [-0.2, -0.15) is 0 Å². The summed E-state index contributed by atoms with van der Waals surface area (Å²) in [6.45, 7) is 8.71. The molecule has 0 saturated heterocycles. The maximum Gasteiger partial charge on any atom is 0.0347 e. The van der Waals surface area contributed by atoms with Gasteiger partial charge < -0.3 is 5.73 Å². The van der Waals surface area contributed by atoms with E-state index < -0.39 is 0 Å². The van der Waals surface area contributed by atoms with Crippen LogP contribution < -0.4 is 5.73 Å². The number of nitrogen functional groups attached to an aromatic ring is 1. The predicted molar refractivity (Wildman–Crippen MR) is 66.1 cm³/mol. The molecule has 0 atom stereocenters. The monoisotopic (exact) mass is 209 g/mol. The smallest absolute Gasteiger partial charge is 0.0347 e. The molecule has 1 aromatic carbocycles. The van der Waals surface area contributed by atoms with E-state index in [1.807, 2.05) is 0 Å². The van der Waals surface area contributed by atoms with Gasteiger partial charge in [-0.05, 0) is 41.9 Å².